The normalized spacial score (nSPS) is 13.4. The second-order valence-corrected chi connectivity index (χ2v) is 16.7. The molecule has 0 heterocycles. The summed E-state index contributed by atoms with van der Waals surface area (Å²) in [5.41, 5.74) is 0. The van der Waals surface area contributed by atoms with Crippen LogP contribution < -0.4 is 5.11 Å². The van der Waals surface area contributed by atoms with Gasteiger partial charge in [-0.1, -0.05) is 165 Å². The third kappa shape index (κ3) is 38.6. The van der Waals surface area contributed by atoms with Crippen LogP contribution >= 0.6 is 0 Å². The molecule has 0 aliphatic rings. The fraction of sp³-hybridized carbons (Fsp3) is 0.776. The number of ether oxygens (including phenoxy) is 3. The average molecular weight is 802 g/mol. The first kappa shape index (κ1) is 54.3. The summed E-state index contributed by atoms with van der Waals surface area (Å²) in [5, 5.41) is 11.6. The molecule has 0 aromatic heterocycles. The minimum absolute atomic E-state index is 0.0318. The topological polar surface area (TPSA) is 102 Å². The van der Waals surface area contributed by atoms with Crippen molar-refractivity contribution in [2.75, 3.05) is 41.0 Å². The van der Waals surface area contributed by atoms with Crippen LogP contribution in [0.25, 0.3) is 0 Å². The van der Waals surface area contributed by atoms with Crippen LogP contribution in [0.15, 0.2) is 48.6 Å². The number of esters is 2. The van der Waals surface area contributed by atoms with Gasteiger partial charge in [-0.2, -0.15) is 0 Å². The van der Waals surface area contributed by atoms with Crippen LogP contribution in [0.2, 0.25) is 0 Å². The van der Waals surface area contributed by atoms with Gasteiger partial charge in [0.2, 0.25) is 0 Å². The summed E-state index contributed by atoms with van der Waals surface area (Å²) in [4.78, 5) is 36.9. The Morgan fingerprint density at radius 3 is 1.49 bits per heavy atom. The van der Waals surface area contributed by atoms with Crippen LogP contribution in [0.3, 0.4) is 0 Å². The summed E-state index contributed by atoms with van der Waals surface area (Å²) in [6, 6.07) is -0.730. The number of hydrogen-bond acceptors (Lipinski definition) is 7. The summed E-state index contributed by atoms with van der Waals surface area (Å²) < 4.78 is 17.2. The van der Waals surface area contributed by atoms with Gasteiger partial charge in [-0.3, -0.25) is 9.59 Å². The lowest BCUT2D eigenvalue weighted by molar-refractivity contribution is -0.889. The quantitative estimate of drug-likeness (QED) is 0.0199. The fourth-order valence-electron chi connectivity index (χ4n) is 6.65. The number of unbranched alkanes of at least 4 members (excludes halogenated alkanes) is 21. The molecule has 0 aromatic rings. The highest BCUT2D eigenvalue weighted by Crippen LogP contribution is 2.14. The number of carboxylic acids is 1. The second kappa shape index (κ2) is 40.1. The molecule has 0 aliphatic heterocycles. The maximum absolute atomic E-state index is 12.7. The lowest BCUT2D eigenvalue weighted by atomic mass is 10.1. The van der Waals surface area contributed by atoms with Crippen molar-refractivity contribution in [3.8, 4) is 0 Å². The maximum atomic E-state index is 12.7. The highest BCUT2D eigenvalue weighted by molar-refractivity contribution is 5.70. The number of allylic oxidation sites excluding steroid dienone is 8. The Morgan fingerprint density at radius 1 is 0.544 bits per heavy atom. The number of rotatable bonds is 41. The minimum Gasteiger partial charge on any atom is -0.544 e. The average Bonchev–Trinajstić information content (AvgIpc) is 3.17. The van der Waals surface area contributed by atoms with Crippen molar-refractivity contribution in [3.63, 3.8) is 0 Å². The van der Waals surface area contributed by atoms with E-state index in [0.717, 1.165) is 64.2 Å². The number of quaternary nitrogens is 1. The molecule has 2 atom stereocenters. The SMILES string of the molecule is CC/C=C/C=C/C=C/CCCCCCCC(=O)OCC(COCCC(C(=O)[O-])[N+](C)(C)C)OC(=O)CCCCCCCCC/C=C/CCCCCCCCCCC. The Kier molecular flexibility index (Phi) is 38.2. The first-order valence-electron chi connectivity index (χ1n) is 23.2. The van der Waals surface area contributed by atoms with E-state index in [4.69, 9.17) is 14.2 Å². The number of nitrogens with zero attached hydrogens (tertiary/aromatic N) is 1. The maximum Gasteiger partial charge on any atom is 0.306 e. The molecule has 8 heteroatoms. The number of aliphatic carboxylic acids is 1. The van der Waals surface area contributed by atoms with Crippen molar-refractivity contribution >= 4 is 17.9 Å². The Balaban J connectivity index is 4.31. The van der Waals surface area contributed by atoms with Gasteiger partial charge in [0, 0.05) is 19.3 Å². The van der Waals surface area contributed by atoms with E-state index in [2.05, 4.69) is 56.4 Å². The number of carbonyl (C=O) groups is 3. The molecule has 8 nitrogen and oxygen atoms in total. The van der Waals surface area contributed by atoms with E-state index in [1.165, 1.54) is 96.3 Å². The second-order valence-electron chi connectivity index (χ2n) is 16.7. The van der Waals surface area contributed by atoms with Crippen molar-refractivity contribution in [1.29, 1.82) is 0 Å². The molecule has 0 bridgehead atoms. The number of likely N-dealkylation sites (N-methyl/N-ethyl adjacent to an activating group) is 1. The molecule has 0 amide bonds. The molecule has 0 fully saturated rings. The van der Waals surface area contributed by atoms with Gasteiger partial charge < -0.3 is 28.6 Å². The Bertz CT molecular complexity index is 1070. The third-order valence-electron chi connectivity index (χ3n) is 10.3. The van der Waals surface area contributed by atoms with Gasteiger partial charge in [0.05, 0.1) is 40.3 Å². The number of carboxylic acid groups (broad SMARTS) is 1. The molecule has 0 saturated carbocycles. The van der Waals surface area contributed by atoms with Gasteiger partial charge in [0.15, 0.2) is 6.10 Å². The number of hydrogen-bond donors (Lipinski definition) is 0. The van der Waals surface area contributed by atoms with E-state index in [1.807, 2.05) is 6.08 Å². The summed E-state index contributed by atoms with van der Waals surface area (Å²) in [6.07, 6.45) is 47.1. The molecular weight excluding hydrogens is 715 g/mol. The van der Waals surface area contributed by atoms with Crippen LogP contribution in [-0.2, 0) is 28.6 Å². The standard InChI is InChI=1S/C49H87NO7/c1-6-8-10-12-14-16-18-20-21-22-23-24-25-26-28-30-32-34-36-38-40-48(52)57-45(43-55-42-41-46(49(53)54)50(3,4)5)44-56-47(51)39-37-35-33-31-29-27-19-17-15-13-11-9-7-2/h9,11,13,15,17,19,23-24,45-46H,6-8,10,12,14,16,18,20-22,25-44H2,1-5H3/b11-9+,15-13+,19-17+,24-23+. The molecule has 0 radical (unpaired) electrons. The lowest BCUT2D eigenvalue weighted by Gasteiger charge is -2.34. The molecule has 2 unspecified atom stereocenters. The van der Waals surface area contributed by atoms with Crippen molar-refractivity contribution in [3.05, 3.63) is 48.6 Å². The molecule has 330 valence electrons. The van der Waals surface area contributed by atoms with E-state index < -0.39 is 18.1 Å². The van der Waals surface area contributed by atoms with Crippen molar-refractivity contribution in [2.24, 2.45) is 0 Å². The van der Waals surface area contributed by atoms with Crippen molar-refractivity contribution in [2.45, 2.75) is 206 Å². The molecular formula is C49H87NO7. The Labute approximate surface area is 350 Å². The van der Waals surface area contributed by atoms with E-state index in [-0.39, 0.29) is 42.7 Å². The summed E-state index contributed by atoms with van der Waals surface area (Å²) in [6.45, 7) is 4.51. The van der Waals surface area contributed by atoms with E-state index in [9.17, 15) is 19.5 Å². The van der Waals surface area contributed by atoms with Crippen LogP contribution in [0.1, 0.15) is 194 Å². The van der Waals surface area contributed by atoms with Crippen molar-refractivity contribution in [1.82, 2.24) is 0 Å². The highest BCUT2D eigenvalue weighted by atomic mass is 16.6. The zero-order valence-electron chi connectivity index (χ0n) is 37.5. The fourth-order valence-corrected chi connectivity index (χ4v) is 6.65. The first-order chi connectivity index (χ1) is 27.6. The summed E-state index contributed by atoms with van der Waals surface area (Å²) in [5.74, 6) is -1.77. The molecule has 0 aromatic carbocycles. The third-order valence-corrected chi connectivity index (χ3v) is 10.3. The molecule has 0 rings (SSSR count). The predicted molar refractivity (Wildman–Crippen MR) is 236 cm³/mol. The lowest BCUT2D eigenvalue weighted by Crippen LogP contribution is -2.55. The Hall–Kier alpha value is -2.71. The molecule has 0 spiro atoms. The van der Waals surface area contributed by atoms with Crippen molar-refractivity contribution < 1.29 is 38.2 Å². The van der Waals surface area contributed by atoms with Crippen LogP contribution in [0.4, 0.5) is 0 Å². The zero-order chi connectivity index (χ0) is 42.1. The monoisotopic (exact) mass is 802 g/mol. The summed E-state index contributed by atoms with van der Waals surface area (Å²) >= 11 is 0. The van der Waals surface area contributed by atoms with Gasteiger partial charge in [0.1, 0.15) is 12.6 Å². The van der Waals surface area contributed by atoms with Crippen LogP contribution in [0, 0.1) is 0 Å². The summed E-state index contributed by atoms with van der Waals surface area (Å²) in [7, 11) is 5.40. The highest BCUT2D eigenvalue weighted by Gasteiger charge is 2.25. The van der Waals surface area contributed by atoms with Gasteiger partial charge in [0.25, 0.3) is 0 Å². The van der Waals surface area contributed by atoms with E-state index in [1.54, 1.807) is 21.1 Å². The first-order valence-corrected chi connectivity index (χ1v) is 23.2. The molecule has 0 N–H and O–H groups in total. The van der Waals surface area contributed by atoms with Crippen LogP contribution in [-0.4, -0.2) is 75.5 Å². The van der Waals surface area contributed by atoms with Gasteiger partial charge >= 0.3 is 11.9 Å². The Morgan fingerprint density at radius 2 is 1.00 bits per heavy atom. The van der Waals surface area contributed by atoms with Gasteiger partial charge in [-0.05, 0) is 57.8 Å². The van der Waals surface area contributed by atoms with Crippen LogP contribution in [0.5, 0.6) is 0 Å². The number of carbonyl (C=O) groups excluding carboxylic acids is 3. The van der Waals surface area contributed by atoms with Gasteiger partial charge in [-0.25, -0.2) is 0 Å². The molecule has 57 heavy (non-hydrogen) atoms. The van der Waals surface area contributed by atoms with Gasteiger partial charge in [-0.15, -0.1) is 0 Å². The van der Waals surface area contributed by atoms with E-state index in [0.29, 0.717) is 12.8 Å². The largest absolute Gasteiger partial charge is 0.544 e. The van der Waals surface area contributed by atoms with E-state index >= 15 is 0 Å². The smallest absolute Gasteiger partial charge is 0.306 e. The molecule has 0 saturated heterocycles. The predicted octanol–water partition coefficient (Wildman–Crippen LogP) is 11.5. The zero-order valence-corrected chi connectivity index (χ0v) is 37.5. The molecule has 0 aliphatic carbocycles. The minimum atomic E-state index is -1.13.